The van der Waals surface area contributed by atoms with Crippen LogP contribution in [0, 0.1) is 28.6 Å². The molecule has 62 heavy (non-hydrogen) atoms. The van der Waals surface area contributed by atoms with Crippen LogP contribution >= 0.6 is 0 Å². The normalized spacial score (nSPS) is 51.2. The summed E-state index contributed by atoms with van der Waals surface area (Å²) in [6.45, 7) is 7.84. The van der Waals surface area contributed by atoms with Gasteiger partial charge in [0.1, 0.15) is 36.6 Å². The van der Waals surface area contributed by atoms with Gasteiger partial charge in [-0.2, -0.15) is 0 Å². The Bertz CT molecular complexity index is 1740. The Kier molecular flexibility index (Phi) is 14.3. The van der Waals surface area contributed by atoms with Crippen LogP contribution in [-0.2, 0) is 38.1 Å². The number of alkyl halides is 1. The van der Waals surface area contributed by atoms with Crippen molar-refractivity contribution in [2.45, 2.75) is 176 Å². The SMILES string of the molecule is CC(=O)O[C@]1(C(C)=O)CC[C@H]2[C@@H]3C[C@H](C)C4=CC(=O)C=C[C@]4(C)[C@@]3(F)[C@@H](O)C[C@@]21C.NC[C@H]1O[C@H](O[C@H]2[C@H](O)[C@@H](O[C@H]3O[C@H](CO)[C@@H](O)[C@H](N)[C@H]3O)[C@H](N)C[C@@H]2N)[C@H](N)C[C@@H]1O. The van der Waals surface area contributed by atoms with Gasteiger partial charge in [0.15, 0.2) is 35.4 Å². The molecule has 0 aromatic carbocycles. The fourth-order valence-corrected chi connectivity index (χ4v) is 12.1. The number of aliphatic hydroxyl groups excluding tert-OH is 6. The molecule has 16 N–H and O–H groups in total. The van der Waals surface area contributed by atoms with Gasteiger partial charge < -0.3 is 83.0 Å². The summed E-state index contributed by atoms with van der Waals surface area (Å²) in [5.74, 6) is -1.72. The fourth-order valence-electron chi connectivity index (χ4n) is 12.1. The Labute approximate surface area is 360 Å². The summed E-state index contributed by atoms with van der Waals surface area (Å²) < 4.78 is 45.5. The van der Waals surface area contributed by atoms with Crippen molar-refractivity contribution in [1.82, 2.24) is 0 Å². The van der Waals surface area contributed by atoms with Crippen molar-refractivity contribution < 1.29 is 73.1 Å². The van der Waals surface area contributed by atoms with E-state index in [1.807, 2.05) is 13.8 Å². The summed E-state index contributed by atoms with van der Waals surface area (Å²) in [5.41, 5.74) is 25.3. The van der Waals surface area contributed by atoms with Gasteiger partial charge in [0.05, 0.1) is 37.0 Å². The summed E-state index contributed by atoms with van der Waals surface area (Å²) in [5, 5.41) is 62.0. The molecule has 19 nitrogen and oxygen atoms in total. The Morgan fingerprint density at radius 1 is 0.871 bits per heavy atom. The van der Waals surface area contributed by atoms with Crippen LogP contribution in [0.2, 0.25) is 0 Å². The first kappa shape index (κ1) is 49.1. The van der Waals surface area contributed by atoms with Gasteiger partial charge in [0.2, 0.25) is 0 Å². The molecule has 2 aliphatic heterocycles. The maximum absolute atomic E-state index is 17.1. The molecule has 6 fully saturated rings. The van der Waals surface area contributed by atoms with E-state index in [2.05, 4.69) is 0 Å². The van der Waals surface area contributed by atoms with Crippen molar-refractivity contribution >= 4 is 17.5 Å². The number of carbonyl (C=O) groups is 3. The number of ketones is 2. The fraction of sp³-hybridized carbons (Fsp3) is 0.833. The van der Waals surface area contributed by atoms with E-state index in [0.29, 0.717) is 19.3 Å². The van der Waals surface area contributed by atoms with E-state index in [9.17, 15) is 45.0 Å². The highest BCUT2D eigenvalue weighted by Crippen LogP contribution is 2.71. The van der Waals surface area contributed by atoms with Crippen molar-refractivity contribution in [2.24, 2.45) is 57.3 Å². The zero-order chi connectivity index (χ0) is 46.0. The predicted molar refractivity (Wildman–Crippen MR) is 216 cm³/mol. The zero-order valence-corrected chi connectivity index (χ0v) is 36.0. The van der Waals surface area contributed by atoms with Crippen LogP contribution < -0.4 is 28.7 Å². The first-order valence-electron chi connectivity index (χ1n) is 21.6. The molecule has 0 bridgehead atoms. The predicted octanol–water partition coefficient (Wildman–Crippen LogP) is -2.80. The number of allylic oxidation sites excluding steroid dienone is 4. The summed E-state index contributed by atoms with van der Waals surface area (Å²) in [7, 11) is 0. The minimum atomic E-state index is -1.96. The highest BCUT2D eigenvalue weighted by Gasteiger charge is 2.75. The average Bonchev–Trinajstić information content (AvgIpc) is 3.49. The molecular formula is C42H68FN5O14. The van der Waals surface area contributed by atoms with Gasteiger partial charge in [-0.15, -0.1) is 0 Å². The standard InChI is InChI=1S/C24H31FO5.C18H37N5O9/c1-13-10-19-17-7-9-23(14(2)26,30-15(3)27)22(17,5)12-20(29)24(19,25)21(4)8-6-16(28)11-18(13)21;19-3-9-8(25)2-7(22)17(29-9)31-15-5(20)1-6(21)16(14(15)28)32-18-13(27)11(23)12(26)10(4-24)30-18/h6,8,11,13,17,19-20,29H,7,9-10,12H2,1-5H3;5-18,24-28H,1-4,19-23H2/t13-,17-,19-,20-,21-,22-,23-,24-;5-,6+,7+,8-,9+,10+,11-,12+,13+,14-,15+,16-,17+,18+/m00/s1. The summed E-state index contributed by atoms with van der Waals surface area (Å²) in [6.07, 6.45) is -6.18. The van der Waals surface area contributed by atoms with Gasteiger partial charge in [0.25, 0.3) is 0 Å². The molecule has 5 aliphatic carbocycles. The molecule has 0 aromatic rings. The third kappa shape index (κ3) is 8.04. The molecule has 0 radical (unpaired) electrons. The third-order valence-corrected chi connectivity index (χ3v) is 15.4. The second-order valence-electron chi connectivity index (χ2n) is 19.1. The van der Waals surface area contributed by atoms with Crippen LogP contribution in [0.5, 0.6) is 0 Å². The van der Waals surface area contributed by atoms with Crippen molar-refractivity contribution in [3.05, 3.63) is 23.8 Å². The van der Waals surface area contributed by atoms with Gasteiger partial charge in [-0.05, 0) is 76.4 Å². The number of esters is 1. The second-order valence-corrected chi connectivity index (χ2v) is 19.1. The average molecular weight is 886 g/mol. The van der Waals surface area contributed by atoms with E-state index < -0.39 is 132 Å². The molecule has 22 atom stereocenters. The first-order valence-corrected chi connectivity index (χ1v) is 21.6. The molecule has 2 saturated heterocycles. The largest absolute Gasteiger partial charge is 0.451 e. The number of Topliss-reactive ketones (excluding diaryl/α,β-unsaturated/α-hetero) is 1. The van der Waals surface area contributed by atoms with Crippen molar-refractivity contribution in [3.63, 3.8) is 0 Å². The number of nitrogens with two attached hydrogens (primary N) is 5. The number of ether oxygens (including phenoxy) is 5. The lowest BCUT2D eigenvalue weighted by Crippen LogP contribution is -2.70. The van der Waals surface area contributed by atoms with Crippen molar-refractivity contribution in [1.29, 1.82) is 0 Å². The number of fused-ring (bicyclic) bond motifs is 5. The van der Waals surface area contributed by atoms with Crippen LogP contribution in [-0.4, -0.2) is 164 Å². The third-order valence-electron chi connectivity index (χ3n) is 15.4. The maximum atomic E-state index is 17.1. The minimum Gasteiger partial charge on any atom is -0.451 e. The van der Waals surface area contributed by atoms with E-state index in [-0.39, 0.29) is 49.2 Å². The second kappa shape index (κ2) is 18.1. The maximum Gasteiger partial charge on any atom is 0.303 e. The molecular weight excluding hydrogens is 817 g/mol. The van der Waals surface area contributed by atoms with Crippen molar-refractivity contribution in [2.75, 3.05) is 13.2 Å². The van der Waals surface area contributed by atoms with Crippen LogP contribution in [0.3, 0.4) is 0 Å². The molecule has 7 rings (SSSR count). The molecule has 4 saturated carbocycles. The van der Waals surface area contributed by atoms with Crippen LogP contribution in [0.4, 0.5) is 4.39 Å². The zero-order valence-electron chi connectivity index (χ0n) is 36.0. The molecule has 2 heterocycles. The number of hydrogen-bond acceptors (Lipinski definition) is 19. The van der Waals surface area contributed by atoms with Gasteiger partial charge in [-0.25, -0.2) is 4.39 Å². The smallest absolute Gasteiger partial charge is 0.303 e. The number of rotatable bonds is 8. The van der Waals surface area contributed by atoms with E-state index in [1.54, 1.807) is 13.0 Å². The first-order chi connectivity index (χ1) is 28.9. The van der Waals surface area contributed by atoms with Gasteiger partial charge in [-0.3, -0.25) is 14.4 Å². The number of halogens is 1. The Morgan fingerprint density at radius 2 is 1.48 bits per heavy atom. The highest BCUT2D eigenvalue weighted by molar-refractivity contribution is 6.01. The molecule has 0 spiro atoms. The van der Waals surface area contributed by atoms with Crippen molar-refractivity contribution in [3.8, 4) is 0 Å². The topological polar surface area (TPSA) is 349 Å². The van der Waals surface area contributed by atoms with Crippen LogP contribution in [0.15, 0.2) is 23.8 Å². The van der Waals surface area contributed by atoms with Gasteiger partial charge in [-0.1, -0.05) is 25.5 Å². The number of hydrogen-bond donors (Lipinski definition) is 11. The Hall–Kier alpha value is -2.38. The van der Waals surface area contributed by atoms with Gasteiger partial charge >= 0.3 is 5.97 Å². The lowest BCUT2D eigenvalue weighted by molar-refractivity contribution is -0.314. The summed E-state index contributed by atoms with van der Waals surface area (Å²) in [6, 6.07) is -3.27. The molecule has 0 aromatic heterocycles. The van der Waals surface area contributed by atoms with Crippen LogP contribution in [0.1, 0.15) is 73.1 Å². The minimum absolute atomic E-state index is 0.0244. The summed E-state index contributed by atoms with van der Waals surface area (Å²) in [4.78, 5) is 36.7. The van der Waals surface area contributed by atoms with E-state index in [1.165, 1.54) is 26.0 Å². The molecule has 20 heteroatoms. The molecule has 7 aliphatic rings. The lowest BCUT2D eigenvalue weighted by atomic mass is 9.43. The molecule has 0 amide bonds. The van der Waals surface area contributed by atoms with E-state index in [0.717, 1.165) is 5.57 Å². The highest BCUT2D eigenvalue weighted by atomic mass is 19.1. The summed E-state index contributed by atoms with van der Waals surface area (Å²) >= 11 is 0. The monoisotopic (exact) mass is 885 g/mol. The quantitative estimate of drug-likeness (QED) is 0.110. The lowest BCUT2D eigenvalue weighted by Gasteiger charge is -2.63. The van der Waals surface area contributed by atoms with E-state index in [4.69, 9.17) is 52.4 Å². The number of aliphatic hydroxyl groups is 6. The van der Waals surface area contributed by atoms with E-state index >= 15 is 4.39 Å². The molecule has 0 unspecified atom stereocenters. The molecule has 352 valence electrons. The van der Waals surface area contributed by atoms with Gasteiger partial charge in [0, 0.05) is 42.3 Å². The number of carbonyl (C=O) groups excluding carboxylic acids is 3. The Balaban J connectivity index is 0.000000207. The van der Waals surface area contributed by atoms with Crippen LogP contribution in [0.25, 0.3) is 0 Å². The Morgan fingerprint density at radius 3 is 2.06 bits per heavy atom.